The average Bonchev–Trinajstić information content (AvgIpc) is 3.04. The lowest BCUT2D eigenvalue weighted by molar-refractivity contribution is -0.147. The summed E-state index contributed by atoms with van der Waals surface area (Å²) in [6, 6.07) is 4.48. The number of nitrogens with one attached hydrogen (secondary N) is 1. The van der Waals surface area contributed by atoms with Crippen molar-refractivity contribution < 1.29 is 23.6 Å². The van der Waals surface area contributed by atoms with Gasteiger partial charge in [0.15, 0.2) is 0 Å². The third-order valence-electron chi connectivity index (χ3n) is 4.04. The summed E-state index contributed by atoms with van der Waals surface area (Å²) in [5.41, 5.74) is -0.221. The van der Waals surface area contributed by atoms with Gasteiger partial charge in [0.25, 0.3) is 0 Å². The molecule has 1 amide bonds. The zero-order chi connectivity index (χ0) is 18.6. The van der Waals surface area contributed by atoms with Crippen LogP contribution in [-0.4, -0.2) is 32.7 Å². The van der Waals surface area contributed by atoms with E-state index in [4.69, 9.17) is 9.63 Å². The Morgan fingerprint density at radius 3 is 2.72 bits per heavy atom. The van der Waals surface area contributed by atoms with Crippen molar-refractivity contribution in [1.82, 2.24) is 15.5 Å². The second-order valence-corrected chi connectivity index (χ2v) is 6.01. The van der Waals surface area contributed by atoms with Gasteiger partial charge < -0.3 is 14.9 Å². The normalized spacial score (nSPS) is 13.3. The van der Waals surface area contributed by atoms with Crippen LogP contribution in [-0.2, 0) is 16.0 Å². The lowest BCUT2D eigenvalue weighted by Crippen LogP contribution is -2.51. The molecule has 2 rings (SSSR count). The molecule has 0 bridgehead atoms. The Hall–Kier alpha value is -2.77. The minimum atomic E-state index is -1.30. The molecule has 2 N–H and O–H groups in total. The minimum Gasteiger partial charge on any atom is -0.480 e. The zero-order valence-electron chi connectivity index (χ0n) is 14.3. The van der Waals surface area contributed by atoms with E-state index in [0.29, 0.717) is 17.0 Å². The molecule has 0 saturated heterocycles. The quantitative estimate of drug-likeness (QED) is 0.795. The molecule has 1 aromatic carbocycles. The van der Waals surface area contributed by atoms with Crippen LogP contribution in [0.1, 0.15) is 38.1 Å². The van der Waals surface area contributed by atoms with Crippen LogP contribution in [0, 0.1) is 12.7 Å². The molecule has 7 nitrogen and oxygen atoms in total. The number of carbonyl (C=O) groups is 2. The van der Waals surface area contributed by atoms with Crippen molar-refractivity contribution in [3.05, 3.63) is 35.5 Å². The van der Waals surface area contributed by atoms with Gasteiger partial charge >= 0.3 is 5.97 Å². The fourth-order valence-electron chi connectivity index (χ4n) is 2.14. The van der Waals surface area contributed by atoms with Crippen molar-refractivity contribution in [2.45, 2.75) is 45.6 Å². The zero-order valence-corrected chi connectivity index (χ0v) is 14.3. The van der Waals surface area contributed by atoms with E-state index in [1.165, 1.54) is 13.0 Å². The first kappa shape index (κ1) is 18.6. The van der Waals surface area contributed by atoms with Gasteiger partial charge in [-0.05, 0) is 44.0 Å². The fourth-order valence-corrected chi connectivity index (χ4v) is 2.14. The van der Waals surface area contributed by atoms with E-state index in [2.05, 4.69) is 15.5 Å². The first-order chi connectivity index (χ1) is 11.7. The van der Waals surface area contributed by atoms with Crippen LogP contribution in [0.4, 0.5) is 4.39 Å². The first-order valence-corrected chi connectivity index (χ1v) is 7.88. The number of hydrogen-bond donors (Lipinski definition) is 2. The number of aryl methyl sites for hydroxylation is 2. The topological polar surface area (TPSA) is 105 Å². The van der Waals surface area contributed by atoms with Gasteiger partial charge in [-0.3, -0.25) is 4.79 Å². The van der Waals surface area contributed by atoms with E-state index < -0.39 is 17.4 Å². The molecule has 0 spiro atoms. The molecule has 1 atom stereocenters. The molecule has 0 fully saturated rings. The summed E-state index contributed by atoms with van der Waals surface area (Å²) in [6.45, 7) is 4.77. The van der Waals surface area contributed by atoms with Gasteiger partial charge in [-0.15, -0.1) is 0 Å². The number of hydrogen-bond acceptors (Lipinski definition) is 5. The van der Waals surface area contributed by atoms with Crippen LogP contribution in [0.25, 0.3) is 11.4 Å². The van der Waals surface area contributed by atoms with Crippen molar-refractivity contribution in [3.63, 3.8) is 0 Å². The van der Waals surface area contributed by atoms with E-state index in [-0.39, 0.29) is 31.0 Å². The summed E-state index contributed by atoms with van der Waals surface area (Å²) in [6.07, 6.45) is 0.466. The SMILES string of the molecule is CC[C@@](C)(NC(=O)CCc1nc(-c2ccc(F)c(C)c2)no1)C(=O)O. The summed E-state index contributed by atoms with van der Waals surface area (Å²) in [5, 5.41) is 15.5. The molecule has 2 aromatic rings. The van der Waals surface area contributed by atoms with E-state index in [0.717, 1.165) is 0 Å². The summed E-state index contributed by atoms with van der Waals surface area (Å²) in [5.74, 6) is -1.26. The maximum atomic E-state index is 13.3. The van der Waals surface area contributed by atoms with Gasteiger partial charge in [0.05, 0.1) is 0 Å². The molecular weight excluding hydrogens is 329 g/mol. The van der Waals surface area contributed by atoms with Crippen LogP contribution in [0.5, 0.6) is 0 Å². The Bertz CT molecular complexity index is 790. The number of carboxylic acids is 1. The van der Waals surface area contributed by atoms with E-state index in [1.54, 1.807) is 26.0 Å². The maximum Gasteiger partial charge on any atom is 0.329 e. The third-order valence-corrected chi connectivity index (χ3v) is 4.04. The average molecular weight is 349 g/mol. The molecule has 0 radical (unpaired) electrons. The van der Waals surface area contributed by atoms with Gasteiger partial charge in [0.1, 0.15) is 11.4 Å². The molecule has 0 saturated carbocycles. The van der Waals surface area contributed by atoms with Crippen LogP contribution in [0.2, 0.25) is 0 Å². The standard InChI is InChI=1S/C17H20FN3O4/c1-4-17(3,16(23)24)20-13(22)7-8-14-19-15(21-25-14)11-5-6-12(18)10(2)9-11/h5-6,9H,4,7-8H2,1-3H3,(H,20,22)(H,23,24)/t17-/m1/s1. The molecule has 1 heterocycles. The van der Waals surface area contributed by atoms with Crippen molar-refractivity contribution in [1.29, 1.82) is 0 Å². The fraction of sp³-hybridized carbons (Fsp3) is 0.412. The molecule has 0 unspecified atom stereocenters. The lowest BCUT2D eigenvalue weighted by Gasteiger charge is -2.24. The highest BCUT2D eigenvalue weighted by molar-refractivity contribution is 5.86. The second-order valence-electron chi connectivity index (χ2n) is 6.01. The van der Waals surface area contributed by atoms with Gasteiger partial charge in [-0.25, -0.2) is 9.18 Å². The third kappa shape index (κ3) is 4.40. The number of nitrogens with zero attached hydrogens (tertiary/aromatic N) is 2. The number of carboxylic acid groups (broad SMARTS) is 1. The molecule has 0 aliphatic carbocycles. The van der Waals surface area contributed by atoms with Crippen molar-refractivity contribution in [2.75, 3.05) is 0 Å². The van der Waals surface area contributed by atoms with Gasteiger partial charge in [-0.2, -0.15) is 4.98 Å². The Morgan fingerprint density at radius 2 is 2.12 bits per heavy atom. The molecule has 0 aliphatic heterocycles. The Balaban J connectivity index is 1.98. The highest BCUT2D eigenvalue weighted by Crippen LogP contribution is 2.19. The van der Waals surface area contributed by atoms with Crippen LogP contribution < -0.4 is 5.32 Å². The van der Waals surface area contributed by atoms with Gasteiger partial charge in [-0.1, -0.05) is 12.1 Å². The highest BCUT2D eigenvalue weighted by Gasteiger charge is 2.32. The van der Waals surface area contributed by atoms with Crippen LogP contribution in [0.3, 0.4) is 0 Å². The lowest BCUT2D eigenvalue weighted by atomic mass is 9.99. The largest absolute Gasteiger partial charge is 0.480 e. The number of amides is 1. The molecule has 0 aliphatic rings. The van der Waals surface area contributed by atoms with E-state index in [1.807, 2.05) is 0 Å². The van der Waals surface area contributed by atoms with E-state index in [9.17, 15) is 14.0 Å². The number of aliphatic carboxylic acids is 1. The summed E-state index contributed by atoms with van der Waals surface area (Å²) in [7, 11) is 0. The predicted octanol–water partition coefficient (Wildman–Crippen LogP) is 2.49. The highest BCUT2D eigenvalue weighted by atomic mass is 19.1. The Kier molecular flexibility index (Phi) is 5.51. The molecule has 8 heteroatoms. The van der Waals surface area contributed by atoms with Gasteiger partial charge in [0.2, 0.25) is 17.6 Å². The smallest absolute Gasteiger partial charge is 0.329 e. The molecular formula is C17H20FN3O4. The molecule has 25 heavy (non-hydrogen) atoms. The van der Waals surface area contributed by atoms with Crippen molar-refractivity contribution in [2.24, 2.45) is 0 Å². The van der Waals surface area contributed by atoms with Crippen LogP contribution >= 0.6 is 0 Å². The monoisotopic (exact) mass is 349 g/mol. The summed E-state index contributed by atoms with van der Waals surface area (Å²) in [4.78, 5) is 27.3. The van der Waals surface area contributed by atoms with Crippen LogP contribution in [0.15, 0.2) is 22.7 Å². The second kappa shape index (κ2) is 7.42. The Labute approximate surface area is 144 Å². The van der Waals surface area contributed by atoms with Crippen molar-refractivity contribution >= 4 is 11.9 Å². The molecule has 1 aromatic heterocycles. The summed E-state index contributed by atoms with van der Waals surface area (Å²) >= 11 is 0. The predicted molar refractivity (Wildman–Crippen MR) is 87.2 cm³/mol. The Morgan fingerprint density at radius 1 is 1.40 bits per heavy atom. The number of carbonyl (C=O) groups excluding carboxylic acids is 1. The maximum absolute atomic E-state index is 13.3. The molecule has 134 valence electrons. The number of rotatable bonds is 7. The van der Waals surface area contributed by atoms with Gasteiger partial charge in [0, 0.05) is 18.4 Å². The number of aromatic nitrogens is 2. The first-order valence-electron chi connectivity index (χ1n) is 7.88. The number of halogens is 1. The van der Waals surface area contributed by atoms with Crippen molar-refractivity contribution in [3.8, 4) is 11.4 Å². The number of benzene rings is 1. The minimum absolute atomic E-state index is 0.0208. The van der Waals surface area contributed by atoms with E-state index >= 15 is 0 Å². The summed E-state index contributed by atoms with van der Waals surface area (Å²) < 4.78 is 18.4.